The summed E-state index contributed by atoms with van der Waals surface area (Å²) in [6.07, 6.45) is 2.04. The highest BCUT2D eigenvalue weighted by atomic mass is 35.5. The number of ether oxygens (including phenoxy) is 1. The Bertz CT molecular complexity index is 1300. The highest BCUT2D eigenvalue weighted by molar-refractivity contribution is 6.30. The lowest BCUT2D eigenvalue weighted by molar-refractivity contribution is 0.194. The van der Waals surface area contributed by atoms with Gasteiger partial charge in [-0.05, 0) is 60.5 Å². The molecule has 1 N–H and O–H groups in total. The number of fused-ring (bicyclic) bond motifs is 3. The van der Waals surface area contributed by atoms with Gasteiger partial charge in [0.2, 0.25) is 0 Å². The van der Waals surface area contributed by atoms with Gasteiger partial charge < -0.3 is 19.5 Å². The van der Waals surface area contributed by atoms with Crippen molar-refractivity contribution in [2.75, 3.05) is 11.9 Å². The van der Waals surface area contributed by atoms with E-state index in [0.29, 0.717) is 29.6 Å². The summed E-state index contributed by atoms with van der Waals surface area (Å²) in [5, 5.41) is 3.71. The Kier molecular flexibility index (Phi) is 5.80. The first-order valence-corrected chi connectivity index (χ1v) is 11.3. The number of para-hydroxylation sites is 3. The van der Waals surface area contributed by atoms with Crippen molar-refractivity contribution in [1.29, 1.82) is 0 Å². The highest BCUT2D eigenvalue weighted by Crippen LogP contribution is 2.38. The van der Waals surface area contributed by atoms with Crippen LogP contribution in [0.5, 0.6) is 5.75 Å². The van der Waals surface area contributed by atoms with Gasteiger partial charge in [0.1, 0.15) is 5.75 Å². The summed E-state index contributed by atoms with van der Waals surface area (Å²) in [5.41, 5.74) is 4.71. The third-order valence-corrected chi connectivity index (χ3v) is 6.05. The van der Waals surface area contributed by atoms with Crippen molar-refractivity contribution < 1.29 is 9.53 Å². The molecule has 33 heavy (non-hydrogen) atoms. The smallest absolute Gasteiger partial charge is 0.323 e. The topological polar surface area (TPSA) is 46.5 Å². The molecule has 1 aromatic heterocycles. The monoisotopic (exact) mass is 457 g/mol. The fourth-order valence-electron chi connectivity index (χ4n) is 4.41. The number of nitrogens with one attached hydrogen (secondary N) is 1. The lowest BCUT2D eigenvalue weighted by Gasteiger charge is -2.31. The van der Waals surface area contributed by atoms with Crippen LogP contribution in [0, 0.1) is 0 Å². The number of aromatic nitrogens is 1. The Morgan fingerprint density at radius 1 is 1.03 bits per heavy atom. The van der Waals surface area contributed by atoms with Gasteiger partial charge in [-0.1, -0.05) is 54.1 Å². The molecule has 0 aliphatic carbocycles. The summed E-state index contributed by atoms with van der Waals surface area (Å²) in [7, 11) is 0. The molecule has 0 saturated heterocycles. The number of urea groups is 1. The maximum atomic E-state index is 13.8. The molecule has 6 heteroatoms. The number of carbonyl (C=O) groups is 1. The van der Waals surface area contributed by atoms with Crippen LogP contribution >= 0.6 is 11.6 Å². The first-order valence-electron chi connectivity index (χ1n) is 11.0. The van der Waals surface area contributed by atoms with Crippen molar-refractivity contribution in [3.05, 3.63) is 113 Å². The molecule has 3 aromatic carbocycles. The van der Waals surface area contributed by atoms with Gasteiger partial charge in [0.15, 0.2) is 0 Å². The van der Waals surface area contributed by atoms with E-state index in [9.17, 15) is 4.79 Å². The van der Waals surface area contributed by atoms with Gasteiger partial charge >= 0.3 is 6.03 Å². The molecule has 1 aliphatic rings. The molecule has 0 saturated carbocycles. The van der Waals surface area contributed by atoms with E-state index in [-0.39, 0.29) is 12.1 Å². The molecule has 5 nitrogen and oxygen atoms in total. The van der Waals surface area contributed by atoms with Crippen LogP contribution in [0.1, 0.15) is 29.8 Å². The fraction of sp³-hybridized carbons (Fsp3) is 0.148. The Morgan fingerprint density at radius 3 is 2.70 bits per heavy atom. The first-order chi connectivity index (χ1) is 16.2. The number of hydrogen-bond donors (Lipinski definition) is 1. The number of carbonyl (C=O) groups excluding carboxylic acids is 1. The molecule has 0 bridgehead atoms. The van der Waals surface area contributed by atoms with Gasteiger partial charge in [-0.3, -0.25) is 0 Å². The predicted molar refractivity (Wildman–Crippen MR) is 131 cm³/mol. The van der Waals surface area contributed by atoms with Crippen molar-refractivity contribution in [2.45, 2.75) is 19.5 Å². The number of rotatable bonds is 4. The van der Waals surface area contributed by atoms with Crippen molar-refractivity contribution in [3.63, 3.8) is 0 Å². The van der Waals surface area contributed by atoms with Gasteiger partial charge in [-0.15, -0.1) is 0 Å². The van der Waals surface area contributed by atoms with Gasteiger partial charge in [0.25, 0.3) is 0 Å². The predicted octanol–water partition coefficient (Wildman–Crippen LogP) is 6.67. The molecule has 4 aromatic rings. The summed E-state index contributed by atoms with van der Waals surface area (Å²) >= 11 is 6.37. The minimum absolute atomic E-state index is 0.211. The fourth-order valence-corrected chi connectivity index (χ4v) is 4.60. The van der Waals surface area contributed by atoms with Gasteiger partial charge in [-0.2, -0.15) is 0 Å². The lowest BCUT2D eigenvalue weighted by atomic mass is 10.0. The molecule has 0 radical (unpaired) electrons. The van der Waals surface area contributed by atoms with E-state index in [1.54, 1.807) is 0 Å². The molecule has 2 amide bonds. The maximum absolute atomic E-state index is 13.8. The Morgan fingerprint density at radius 2 is 1.85 bits per heavy atom. The zero-order chi connectivity index (χ0) is 22.8. The van der Waals surface area contributed by atoms with Crippen LogP contribution < -0.4 is 10.1 Å². The minimum atomic E-state index is -0.328. The van der Waals surface area contributed by atoms with Crippen LogP contribution in [0.3, 0.4) is 0 Å². The summed E-state index contributed by atoms with van der Waals surface area (Å²) in [6, 6.07) is 26.9. The van der Waals surface area contributed by atoms with Gasteiger partial charge in [0, 0.05) is 16.9 Å². The van der Waals surface area contributed by atoms with Gasteiger partial charge in [0.05, 0.1) is 30.6 Å². The van der Waals surface area contributed by atoms with E-state index in [1.807, 2.05) is 84.8 Å². The third kappa shape index (κ3) is 4.08. The van der Waals surface area contributed by atoms with Crippen molar-refractivity contribution in [3.8, 4) is 11.4 Å². The van der Waals surface area contributed by atoms with Crippen LogP contribution in [-0.2, 0) is 6.54 Å². The molecule has 2 heterocycles. The summed E-state index contributed by atoms with van der Waals surface area (Å²) in [5.74, 6) is 0.645. The van der Waals surface area contributed by atoms with E-state index >= 15 is 0 Å². The van der Waals surface area contributed by atoms with E-state index in [2.05, 4.69) is 28.1 Å². The zero-order valence-electron chi connectivity index (χ0n) is 18.2. The molecule has 1 unspecified atom stereocenters. The maximum Gasteiger partial charge on any atom is 0.323 e. The zero-order valence-corrected chi connectivity index (χ0v) is 19.0. The second kappa shape index (κ2) is 9.04. The van der Waals surface area contributed by atoms with Crippen molar-refractivity contribution >= 4 is 23.3 Å². The van der Waals surface area contributed by atoms with E-state index < -0.39 is 0 Å². The normalized spacial score (nSPS) is 14.7. The van der Waals surface area contributed by atoms with Crippen LogP contribution in [0.4, 0.5) is 10.5 Å². The minimum Gasteiger partial charge on any atom is -0.492 e. The molecule has 0 spiro atoms. The molecule has 5 rings (SSSR count). The number of benzene rings is 3. The number of anilines is 1. The summed E-state index contributed by atoms with van der Waals surface area (Å²) < 4.78 is 7.88. The van der Waals surface area contributed by atoms with Crippen LogP contribution in [-0.4, -0.2) is 22.1 Å². The second-order valence-corrected chi connectivity index (χ2v) is 8.31. The average Bonchev–Trinajstić information content (AvgIpc) is 3.24. The Balaban J connectivity index is 1.62. The summed E-state index contributed by atoms with van der Waals surface area (Å²) in [4.78, 5) is 15.7. The largest absolute Gasteiger partial charge is 0.492 e. The second-order valence-electron chi connectivity index (χ2n) is 7.88. The Hall–Kier alpha value is -3.70. The van der Waals surface area contributed by atoms with Crippen LogP contribution in [0.15, 0.2) is 91.1 Å². The van der Waals surface area contributed by atoms with Gasteiger partial charge in [-0.25, -0.2) is 4.79 Å². The quantitative estimate of drug-likeness (QED) is 0.372. The third-order valence-electron chi connectivity index (χ3n) is 5.82. The molecule has 166 valence electrons. The standard InChI is InChI=1S/C27H24ClN3O2/c1-2-33-25-15-6-4-12-22(25)29-27(32)31-18-20-9-3-5-13-23(20)30-16-8-14-24(30)26(31)19-10-7-11-21(28)17-19/h3-17,26H,2,18H2,1H3,(H,29,32). The highest BCUT2D eigenvalue weighted by Gasteiger charge is 2.33. The average molecular weight is 458 g/mol. The number of hydrogen-bond acceptors (Lipinski definition) is 2. The van der Waals surface area contributed by atoms with E-state index in [1.165, 1.54) is 0 Å². The molecule has 1 atom stereocenters. The molecular formula is C27H24ClN3O2. The summed E-state index contributed by atoms with van der Waals surface area (Å²) in [6.45, 7) is 2.88. The first kappa shape index (κ1) is 21.2. The van der Waals surface area contributed by atoms with Crippen LogP contribution in [0.25, 0.3) is 5.69 Å². The molecule has 0 fully saturated rings. The number of nitrogens with zero attached hydrogens (tertiary/aromatic N) is 2. The van der Waals surface area contributed by atoms with Crippen molar-refractivity contribution in [1.82, 2.24) is 9.47 Å². The lowest BCUT2D eigenvalue weighted by Crippen LogP contribution is -2.38. The van der Waals surface area contributed by atoms with Crippen molar-refractivity contribution in [2.24, 2.45) is 0 Å². The number of halogens is 1. The SMILES string of the molecule is CCOc1ccccc1NC(=O)N1Cc2ccccc2-n2cccc2C1c1cccc(Cl)c1. The Labute approximate surface area is 198 Å². The van der Waals surface area contributed by atoms with Crippen LogP contribution in [0.2, 0.25) is 5.02 Å². The van der Waals surface area contributed by atoms with E-state index in [0.717, 1.165) is 22.5 Å². The van der Waals surface area contributed by atoms with E-state index in [4.69, 9.17) is 16.3 Å². The number of amides is 2. The molecular weight excluding hydrogens is 434 g/mol. The molecule has 1 aliphatic heterocycles.